The van der Waals surface area contributed by atoms with Crippen LogP contribution in [-0.2, 0) is 0 Å². The predicted molar refractivity (Wildman–Crippen MR) is 57.4 cm³/mol. The Kier molecular flexibility index (Phi) is 2.92. The standard InChI is InChI=1S/C11H7ClFNO2/c12-7-4-5-9(8(15)6-7)16-11-3-1-2-10(13)14-11/h1-6,15H. The van der Waals surface area contributed by atoms with Crippen LogP contribution in [0.15, 0.2) is 36.4 Å². The smallest absolute Gasteiger partial charge is 0.222 e. The van der Waals surface area contributed by atoms with E-state index < -0.39 is 5.95 Å². The second-order valence-electron chi connectivity index (χ2n) is 3.01. The van der Waals surface area contributed by atoms with Gasteiger partial charge in [-0.15, -0.1) is 0 Å². The van der Waals surface area contributed by atoms with Crippen molar-refractivity contribution >= 4 is 11.6 Å². The van der Waals surface area contributed by atoms with E-state index in [4.69, 9.17) is 16.3 Å². The number of nitrogens with zero attached hydrogens (tertiary/aromatic N) is 1. The van der Waals surface area contributed by atoms with Crippen LogP contribution in [-0.4, -0.2) is 10.1 Å². The van der Waals surface area contributed by atoms with Crippen molar-refractivity contribution in [1.82, 2.24) is 4.98 Å². The molecule has 0 amide bonds. The fourth-order valence-electron chi connectivity index (χ4n) is 1.14. The molecular weight excluding hydrogens is 233 g/mol. The van der Waals surface area contributed by atoms with E-state index in [1.54, 1.807) is 6.07 Å². The zero-order valence-electron chi connectivity index (χ0n) is 8.02. The third-order valence-electron chi connectivity index (χ3n) is 1.83. The van der Waals surface area contributed by atoms with Crippen molar-refractivity contribution in [3.63, 3.8) is 0 Å². The maximum atomic E-state index is 12.8. The van der Waals surface area contributed by atoms with Crippen molar-refractivity contribution in [2.45, 2.75) is 0 Å². The summed E-state index contributed by atoms with van der Waals surface area (Å²) in [6.45, 7) is 0. The van der Waals surface area contributed by atoms with Gasteiger partial charge < -0.3 is 9.84 Å². The van der Waals surface area contributed by atoms with Gasteiger partial charge in [0, 0.05) is 17.2 Å². The van der Waals surface area contributed by atoms with Gasteiger partial charge in [0.2, 0.25) is 11.8 Å². The molecule has 0 saturated heterocycles. The fourth-order valence-corrected chi connectivity index (χ4v) is 1.30. The Bertz CT molecular complexity index is 519. The third-order valence-corrected chi connectivity index (χ3v) is 2.06. The van der Waals surface area contributed by atoms with Gasteiger partial charge >= 0.3 is 0 Å². The summed E-state index contributed by atoms with van der Waals surface area (Å²) in [5.41, 5.74) is 0. The molecule has 0 aliphatic rings. The highest BCUT2D eigenvalue weighted by Gasteiger charge is 2.05. The van der Waals surface area contributed by atoms with Gasteiger partial charge in [-0.1, -0.05) is 17.7 Å². The molecule has 0 unspecified atom stereocenters. The van der Waals surface area contributed by atoms with Gasteiger partial charge in [0.05, 0.1) is 0 Å². The molecule has 0 spiro atoms. The highest BCUT2D eigenvalue weighted by Crippen LogP contribution is 2.31. The molecule has 82 valence electrons. The second kappa shape index (κ2) is 4.37. The molecule has 16 heavy (non-hydrogen) atoms. The summed E-state index contributed by atoms with van der Waals surface area (Å²) in [7, 11) is 0. The molecule has 1 N–H and O–H groups in total. The van der Waals surface area contributed by atoms with Crippen LogP contribution in [0.4, 0.5) is 4.39 Å². The molecule has 0 atom stereocenters. The number of aromatic hydroxyl groups is 1. The Morgan fingerprint density at radius 2 is 2.06 bits per heavy atom. The largest absolute Gasteiger partial charge is 0.504 e. The van der Waals surface area contributed by atoms with Crippen LogP contribution in [0.1, 0.15) is 0 Å². The van der Waals surface area contributed by atoms with E-state index in [1.807, 2.05) is 0 Å². The van der Waals surface area contributed by atoms with Gasteiger partial charge in [0.1, 0.15) is 0 Å². The van der Waals surface area contributed by atoms with Crippen molar-refractivity contribution in [1.29, 1.82) is 0 Å². The fraction of sp³-hybridized carbons (Fsp3) is 0. The van der Waals surface area contributed by atoms with Gasteiger partial charge in [-0.2, -0.15) is 9.37 Å². The molecule has 1 aromatic carbocycles. The second-order valence-corrected chi connectivity index (χ2v) is 3.45. The lowest BCUT2D eigenvalue weighted by atomic mass is 10.3. The summed E-state index contributed by atoms with van der Waals surface area (Å²) in [5.74, 6) is -0.537. The molecule has 0 radical (unpaired) electrons. The topological polar surface area (TPSA) is 42.4 Å². The van der Waals surface area contributed by atoms with E-state index in [1.165, 1.54) is 30.3 Å². The Labute approximate surface area is 96.1 Å². The van der Waals surface area contributed by atoms with Crippen molar-refractivity contribution < 1.29 is 14.2 Å². The Hall–Kier alpha value is -1.81. The van der Waals surface area contributed by atoms with Crippen molar-refractivity contribution in [2.24, 2.45) is 0 Å². The molecular formula is C11H7ClFNO2. The maximum Gasteiger partial charge on any atom is 0.222 e. The molecule has 1 heterocycles. The summed E-state index contributed by atoms with van der Waals surface area (Å²) in [6.07, 6.45) is 0. The lowest BCUT2D eigenvalue weighted by Gasteiger charge is -2.06. The molecule has 2 rings (SSSR count). The molecule has 0 aliphatic carbocycles. The Morgan fingerprint density at radius 3 is 2.75 bits per heavy atom. The summed E-state index contributed by atoms with van der Waals surface area (Å²) in [5, 5.41) is 9.88. The van der Waals surface area contributed by atoms with Crippen molar-refractivity contribution in [2.75, 3.05) is 0 Å². The maximum absolute atomic E-state index is 12.8. The number of ether oxygens (including phenoxy) is 1. The first-order valence-corrected chi connectivity index (χ1v) is 4.82. The van der Waals surface area contributed by atoms with Gasteiger partial charge in [0.25, 0.3) is 0 Å². The first-order chi connectivity index (χ1) is 7.65. The summed E-state index contributed by atoms with van der Waals surface area (Å²) in [6, 6.07) is 8.51. The SMILES string of the molecule is Oc1cc(Cl)ccc1Oc1cccc(F)n1. The molecule has 3 nitrogen and oxygen atoms in total. The number of aromatic nitrogens is 1. The van der Waals surface area contributed by atoms with Crippen LogP contribution in [0.25, 0.3) is 0 Å². The Balaban J connectivity index is 2.27. The van der Waals surface area contributed by atoms with Crippen LogP contribution in [0.5, 0.6) is 17.4 Å². The van der Waals surface area contributed by atoms with Crippen LogP contribution in [0, 0.1) is 5.95 Å². The third kappa shape index (κ3) is 2.41. The number of benzene rings is 1. The molecule has 0 bridgehead atoms. The minimum Gasteiger partial charge on any atom is -0.504 e. The monoisotopic (exact) mass is 239 g/mol. The first kappa shape index (κ1) is 10.7. The molecule has 0 saturated carbocycles. The number of hydrogen-bond acceptors (Lipinski definition) is 3. The zero-order valence-corrected chi connectivity index (χ0v) is 8.78. The van der Waals surface area contributed by atoms with E-state index in [0.717, 1.165) is 0 Å². The quantitative estimate of drug-likeness (QED) is 0.817. The average Bonchev–Trinajstić information content (AvgIpc) is 2.22. The van der Waals surface area contributed by atoms with Crippen LogP contribution >= 0.6 is 11.6 Å². The number of pyridine rings is 1. The molecule has 5 heteroatoms. The van der Waals surface area contributed by atoms with Crippen molar-refractivity contribution in [3.8, 4) is 17.4 Å². The minimum atomic E-state index is -0.647. The molecule has 1 aromatic heterocycles. The van der Waals surface area contributed by atoms with Crippen molar-refractivity contribution in [3.05, 3.63) is 47.4 Å². The average molecular weight is 240 g/mol. The molecule has 2 aromatic rings. The van der Waals surface area contributed by atoms with Gasteiger partial charge in [0.15, 0.2) is 11.5 Å². The summed E-state index contributed by atoms with van der Waals surface area (Å²) in [4.78, 5) is 3.50. The lowest BCUT2D eigenvalue weighted by molar-refractivity contribution is 0.396. The van der Waals surface area contributed by atoms with E-state index in [0.29, 0.717) is 5.02 Å². The highest BCUT2D eigenvalue weighted by atomic mass is 35.5. The van der Waals surface area contributed by atoms with E-state index >= 15 is 0 Å². The van der Waals surface area contributed by atoms with Gasteiger partial charge in [-0.05, 0) is 18.2 Å². The predicted octanol–water partition coefficient (Wildman–Crippen LogP) is 3.37. The van der Waals surface area contributed by atoms with E-state index in [2.05, 4.69) is 4.98 Å². The summed E-state index contributed by atoms with van der Waals surface area (Å²) < 4.78 is 17.9. The lowest BCUT2D eigenvalue weighted by Crippen LogP contribution is -1.90. The van der Waals surface area contributed by atoms with E-state index in [9.17, 15) is 9.50 Å². The van der Waals surface area contributed by atoms with Crippen LogP contribution in [0.3, 0.4) is 0 Å². The van der Waals surface area contributed by atoms with Crippen LogP contribution in [0.2, 0.25) is 5.02 Å². The number of rotatable bonds is 2. The number of phenolic OH excluding ortho intramolecular Hbond substituents is 1. The minimum absolute atomic E-state index is 0.0672. The Morgan fingerprint density at radius 1 is 1.25 bits per heavy atom. The van der Waals surface area contributed by atoms with Gasteiger partial charge in [-0.3, -0.25) is 0 Å². The van der Waals surface area contributed by atoms with Crippen LogP contribution < -0.4 is 4.74 Å². The molecule has 0 aliphatic heterocycles. The molecule has 0 fully saturated rings. The summed E-state index contributed by atoms with van der Waals surface area (Å²) >= 11 is 5.65. The zero-order chi connectivity index (χ0) is 11.5. The normalized spacial score (nSPS) is 10.1. The number of hydrogen-bond donors (Lipinski definition) is 1. The highest BCUT2D eigenvalue weighted by molar-refractivity contribution is 6.30. The number of phenols is 1. The first-order valence-electron chi connectivity index (χ1n) is 4.44. The van der Waals surface area contributed by atoms with E-state index in [-0.39, 0.29) is 17.4 Å². The number of halogens is 2. The van der Waals surface area contributed by atoms with Gasteiger partial charge in [-0.25, -0.2) is 0 Å².